The average Bonchev–Trinajstić information content (AvgIpc) is 2.15. The highest BCUT2D eigenvalue weighted by atomic mass is 19.4. The quantitative estimate of drug-likeness (QED) is 0.453. The molecule has 0 atom stereocenters. The molecule has 0 spiro atoms. The molecule has 0 radical (unpaired) electrons. The van der Waals surface area contributed by atoms with E-state index >= 15 is 0 Å². The van der Waals surface area contributed by atoms with Crippen LogP contribution in [0.2, 0.25) is 0 Å². The van der Waals surface area contributed by atoms with Gasteiger partial charge in [0.2, 0.25) is 0 Å². The van der Waals surface area contributed by atoms with Crippen LogP contribution in [0.5, 0.6) is 0 Å². The summed E-state index contributed by atoms with van der Waals surface area (Å²) in [7, 11) is 1.05. The second-order valence-electron chi connectivity index (χ2n) is 2.78. The van der Waals surface area contributed by atoms with Gasteiger partial charge in [-0.2, -0.15) is 13.2 Å². The van der Waals surface area contributed by atoms with Gasteiger partial charge in [0.15, 0.2) is 0 Å². The summed E-state index contributed by atoms with van der Waals surface area (Å²) < 4.78 is 39.7. The number of ketones is 1. The lowest BCUT2D eigenvalue weighted by atomic mass is 10.2. The molecule has 0 rings (SSSR count). The Morgan fingerprint density at radius 1 is 1.25 bits per heavy atom. The van der Waals surface area contributed by atoms with E-state index in [-0.39, 0.29) is 17.3 Å². The Kier molecular flexibility index (Phi) is 4.74. The fourth-order valence-corrected chi connectivity index (χ4v) is 0.724. The molecule has 2 N–H and O–H groups in total. The Bertz CT molecular complexity index is 352. The standard InChI is InChI=1S/C9H10F3NO3/c1-5(13)6(8(15)16-2)3-4-7(14)9(10,11)12/h3-4H,13H2,1-2H3/b4-3+,6-5-. The number of ether oxygens (including phenoxy) is 1. The molecule has 0 aliphatic rings. The Morgan fingerprint density at radius 3 is 2.06 bits per heavy atom. The molecule has 0 amide bonds. The Hall–Kier alpha value is -1.79. The topological polar surface area (TPSA) is 69.4 Å². The molecule has 7 heteroatoms. The van der Waals surface area contributed by atoms with E-state index in [1.807, 2.05) is 0 Å². The lowest BCUT2D eigenvalue weighted by molar-refractivity contribution is -0.165. The zero-order chi connectivity index (χ0) is 12.9. The van der Waals surface area contributed by atoms with Gasteiger partial charge in [0, 0.05) is 5.70 Å². The maximum atomic E-state index is 11.8. The summed E-state index contributed by atoms with van der Waals surface area (Å²) in [6.07, 6.45) is -4.07. The van der Waals surface area contributed by atoms with Crippen LogP contribution in [0, 0.1) is 0 Å². The molecule has 0 aromatic rings. The number of hydrogen-bond acceptors (Lipinski definition) is 4. The van der Waals surface area contributed by atoms with Gasteiger partial charge < -0.3 is 10.5 Å². The summed E-state index contributed by atoms with van der Waals surface area (Å²) in [5.41, 5.74) is 4.91. The second kappa shape index (κ2) is 5.34. The first kappa shape index (κ1) is 14.2. The van der Waals surface area contributed by atoms with Gasteiger partial charge in [-0.1, -0.05) is 0 Å². The number of hydrogen-bond donors (Lipinski definition) is 1. The van der Waals surface area contributed by atoms with Crippen molar-refractivity contribution < 1.29 is 27.5 Å². The molecule has 0 aliphatic heterocycles. The summed E-state index contributed by atoms with van der Waals surface area (Å²) >= 11 is 0. The summed E-state index contributed by atoms with van der Waals surface area (Å²) in [6, 6.07) is 0. The summed E-state index contributed by atoms with van der Waals surface area (Å²) in [4.78, 5) is 21.5. The predicted molar refractivity (Wildman–Crippen MR) is 49.1 cm³/mol. The molecule has 16 heavy (non-hydrogen) atoms. The van der Waals surface area contributed by atoms with E-state index in [0.29, 0.717) is 6.08 Å². The van der Waals surface area contributed by atoms with Crippen molar-refractivity contribution in [1.29, 1.82) is 0 Å². The zero-order valence-corrected chi connectivity index (χ0v) is 8.59. The first-order valence-electron chi connectivity index (χ1n) is 4.04. The minimum Gasteiger partial charge on any atom is -0.465 e. The predicted octanol–water partition coefficient (Wildman–Crippen LogP) is 1.08. The van der Waals surface area contributed by atoms with Gasteiger partial charge in [0.1, 0.15) is 0 Å². The van der Waals surface area contributed by atoms with Crippen molar-refractivity contribution in [2.24, 2.45) is 5.73 Å². The Balaban J connectivity index is 4.95. The number of nitrogens with two attached hydrogens (primary N) is 1. The van der Waals surface area contributed by atoms with Gasteiger partial charge in [-0.15, -0.1) is 0 Å². The Labute approximate surface area is 89.6 Å². The highest BCUT2D eigenvalue weighted by Crippen LogP contribution is 2.17. The van der Waals surface area contributed by atoms with Gasteiger partial charge in [0.05, 0.1) is 12.7 Å². The fourth-order valence-electron chi connectivity index (χ4n) is 0.724. The van der Waals surface area contributed by atoms with E-state index in [1.54, 1.807) is 0 Å². The maximum Gasteiger partial charge on any atom is 0.454 e. The molecule has 0 fully saturated rings. The number of halogens is 3. The first-order chi connectivity index (χ1) is 7.20. The largest absolute Gasteiger partial charge is 0.465 e. The van der Waals surface area contributed by atoms with Crippen molar-refractivity contribution in [2.45, 2.75) is 13.1 Å². The Morgan fingerprint density at radius 2 is 1.75 bits per heavy atom. The summed E-state index contributed by atoms with van der Waals surface area (Å²) in [6.45, 7) is 1.30. The van der Waals surface area contributed by atoms with Gasteiger partial charge in [-0.05, 0) is 19.1 Å². The molecular formula is C9H10F3NO3. The number of esters is 1. The SMILES string of the molecule is COC(=O)C(/C=C/C(=O)C(F)(F)F)=C(/C)N. The van der Waals surface area contributed by atoms with E-state index in [0.717, 1.165) is 7.11 Å². The van der Waals surface area contributed by atoms with Crippen molar-refractivity contribution in [3.63, 3.8) is 0 Å². The van der Waals surface area contributed by atoms with Crippen LogP contribution in [-0.4, -0.2) is 25.0 Å². The van der Waals surface area contributed by atoms with Crippen molar-refractivity contribution in [2.75, 3.05) is 7.11 Å². The number of alkyl halides is 3. The third-order valence-electron chi connectivity index (χ3n) is 1.51. The third kappa shape index (κ3) is 4.16. The number of carbonyl (C=O) groups is 2. The second-order valence-corrected chi connectivity index (χ2v) is 2.78. The molecule has 0 bridgehead atoms. The van der Waals surface area contributed by atoms with Crippen LogP contribution >= 0.6 is 0 Å². The molecular weight excluding hydrogens is 227 g/mol. The highest BCUT2D eigenvalue weighted by Gasteiger charge is 2.36. The molecule has 0 saturated carbocycles. The van der Waals surface area contributed by atoms with Crippen LogP contribution in [0.25, 0.3) is 0 Å². The van der Waals surface area contributed by atoms with Crippen LogP contribution in [0.4, 0.5) is 13.2 Å². The molecule has 0 saturated heterocycles. The summed E-state index contributed by atoms with van der Waals surface area (Å²) in [5.74, 6) is -2.98. The van der Waals surface area contributed by atoms with Crippen LogP contribution in [0.1, 0.15) is 6.92 Å². The fraction of sp³-hybridized carbons (Fsp3) is 0.333. The van der Waals surface area contributed by atoms with Crippen LogP contribution in [0.15, 0.2) is 23.4 Å². The lowest BCUT2D eigenvalue weighted by Gasteiger charge is -2.03. The van der Waals surface area contributed by atoms with Crippen molar-refractivity contribution in [1.82, 2.24) is 0 Å². The van der Waals surface area contributed by atoms with Gasteiger partial charge in [0.25, 0.3) is 5.78 Å². The highest BCUT2D eigenvalue weighted by molar-refractivity contribution is 5.98. The molecule has 0 unspecified atom stereocenters. The van der Waals surface area contributed by atoms with Crippen molar-refractivity contribution >= 4 is 11.8 Å². The minimum absolute atomic E-state index is 0.0434. The van der Waals surface area contributed by atoms with Crippen LogP contribution in [-0.2, 0) is 14.3 Å². The van der Waals surface area contributed by atoms with Gasteiger partial charge >= 0.3 is 12.1 Å². The summed E-state index contributed by atoms with van der Waals surface area (Å²) in [5, 5.41) is 0. The number of rotatable bonds is 3. The molecule has 4 nitrogen and oxygen atoms in total. The molecule has 0 aliphatic carbocycles. The van der Waals surface area contributed by atoms with Crippen LogP contribution < -0.4 is 5.73 Å². The average molecular weight is 237 g/mol. The third-order valence-corrected chi connectivity index (χ3v) is 1.51. The lowest BCUT2D eigenvalue weighted by Crippen LogP contribution is -2.20. The van der Waals surface area contributed by atoms with E-state index < -0.39 is 17.9 Å². The molecule has 90 valence electrons. The van der Waals surface area contributed by atoms with Gasteiger partial charge in [-0.3, -0.25) is 4.79 Å². The molecule has 0 aromatic carbocycles. The first-order valence-corrected chi connectivity index (χ1v) is 4.04. The minimum atomic E-state index is -4.97. The zero-order valence-electron chi connectivity index (χ0n) is 8.59. The molecule has 0 aromatic heterocycles. The van der Waals surface area contributed by atoms with Crippen molar-refractivity contribution in [3.05, 3.63) is 23.4 Å². The normalized spacial score (nSPS) is 13.6. The van der Waals surface area contributed by atoms with Gasteiger partial charge in [-0.25, -0.2) is 4.79 Å². The monoisotopic (exact) mass is 237 g/mol. The number of methoxy groups -OCH3 is 1. The van der Waals surface area contributed by atoms with E-state index in [2.05, 4.69) is 4.74 Å². The molecule has 0 heterocycles. The number of carbonyl (C=O) groups excluding carboxylic acids is 2. The smallest absolute Gasteiger partial charge is 0.454 e. The van der Waals surface area contributed by atoms with E-state index in [1.165, 1.54) is 6.92 Å². The van der Waals surface area contributed by atoms with E-state index in [4.69, 9.17) is 5.73 Å². The van der Waals surface area contributed by atoms with E-state index in [9.17, 15) is 22.8 Å². The van der Waals surface area contributed by atoms with Crippen LogP contribution in [0.3, 0.4) is 0 Å². The number of allylic oxidation sites excluding steroid dienone is 2. The van der Waals surface area contributed by atoms with Crippen molar-refractivity contribution in [3.8, 4) is 0 Å². The maximum absolute atomic E-state index is 11.8.